The number of hydrogen-bond donors (Lipinski definition) is 0. The fourth-order valence-corrected chi connectivity index (χ4v) is 1.41. The molecule has 0 N–H and O–H groups in total. The molecule has 0 saturated heterocycles. The van der Waals surface area contributed by atoms with E-state index in [0.29, 0.717) is 11.8 Å². The van der Waals surface area contributed by atoms with Gasteiger partial charge in [0.25, 0.3) is 0 Å². The van der Waals surface area contributed by atoms with Crippen LogP contribution in [-0.4, -0.2) is 25.4 Å². The van der Waals surface area contributed by atoms with Gasteiger partial charge in [0.1, 0.15) is 6.29 Å². The molecule has 6 nitrogen and oxygen atoms in total. The van der Waals surface area contributed by atoms with Gasteiger partial charge in [-0.15, -0.1) is 0 Å². The average Bonchev–Trinajstić information content (AvgIpc) is 2.28. The standard InChI is InChI=1S/C10H11NO5/c1-15-8-4-3-7(5-6-12)9(11(13)14)10(8)16-2/h3-4,6H,5H2,1-2H3. The topological polar surface area (TPSA) is 78.7 Å². The molecule has 16 heavy (non-hydrogen) atoms. The van der Waals surface area contributed by atoms with Crippen LogP contribution in [0.2, 0.25) is 0 Å². The molecule has 0 spiro atoms. The molecule has 0 unspecified atom stereocenters. The zero-order valence-electron chi connectivity index (χ0n) is 8.93. The van der Waals surface area contributed by atoms with E-state index in [1.165, 1.54) is 26.4 Å². The fourth-order valence-electron chi connectivity index (χ4n) is 1.41. The predicted molar refractivity (Wildman–Crippen MR) is 56.0 cm³/mol. The van der Waals surface area contributed by atoms with Crippen LogP contribution in [0.1, 0.15) is 5.56 Å². The maximum atomic E-state index is 10.9. The molecule has 0 atom stereocenters. The van der Waals surface area contributed by atoms with Crippen molar-refractivity contribution in [2.45, 2.75) is 6.42 Å². The second-order valence-corrected chi connectivity index (χ2v) is 2.94. The van der Waals surface area contributed by atoms with Gasteiger partial charge in [-0.2, -0.15) is 0 Å². The van der Waals surface area contributed by atoms with Crippen molar-refractivity contribution in [2.75, 3.05) is 14.2 Å². The van der Waals surface area contributed by atoms with Gasteiger partial charge in [-0.3, -0.25) is 10.1 Å². The van der Waals surface area contributed by atoms with Crippen LogP contribution >= 0.6 is 0 Å². The number of rotatable bonds is 5. The van der Waals surface area contributed by atoms with E-state index < -0.39 is 4.92 Å². The zero-order chi connectivity index (χ0) is 12.1. The van der Waals surface area contributed by atoms with Gasteiger partial charge >= 0.3 is 5.69 Å². The molecule has 1 aromatic carbocycles. The summed E-state index contributed by atoms with van der Waals surface area (Å²) in [6, 6.07) is 3.01. The van der Waals surface area contributed by atoms with Crippen molar-refractivity contribution >= 4 is 12.0 Å². The Morgan fingerprint density at radius 1 is 1.38 bits per heavy atom. The summed E-state index contributed by atoms with van der Waals surface area (Å²) in [7, 11) is 2.70. The molecule has 0 bridgehead atoms. The highest BCUT2D eigenvalue weighted by atomic mass is 16.6. The maximum Gasteiger partial charge on any atom is 0.318 e. The van der Waals surface area contributed by atoms with Crippen LogP contribution in [0.4, 0.5) is 5.69 Å². The highest BCUT2D eigenvalue weighted by Gasteiger charge is 2.24. The molecule has 1 aromatic rings. The molecule has 86 valence electrons. The van der Waals surface area contributed by atoms with Crippen molar-refractivity contribution in [3.63, 3.8) is 0 Å². The zero-order valence-corrected chi connectivity index (χ0v) is 8.93. The summed E-state index contributed by atoms with van der Waals surface area (Å²) in [4.78, 5) is 20.7. The number of nitro benzene ring substituents is 1. The molecule has 1 rings (SSSR count). The van der Waals surface area contributed by atoms with Crippen LogP contribution < -0.4 is 9.47 Å². The van der Waals surface area contributed by atoms with Gasteiger partial charge in [0.2, 0.25) is 5.75 Å². The van der Waals surface area contributed by atoms with Crippen molar-refractivity contribution in [3.8, 4) is 11.5 Å². The molecule has 0 aliphatic heterocycles. The Bertz CT molecular complexity index is 416. The number of carbonyl (C=O) groups excluding carboxylic acids is 1. The summed E-state index contributed by atoms with van der Waals surface area (Å²) in [5.74, 6) is 0.302. The van der Waals surface area contributed by atoms with Crippen LogP contribution in [0.25, 0.3) is 0 Å². The van der Waals surface area contributed by atoms with Gasteiger partial charge in [0.15, 0.2) is 5.75 Å². The molecule has 0 aromatic heterocycles. The van der Waals surface area contributed by atoms with E-state index in [2.05, 4.69) is 0 Å². The Balaban J connectivity index is 3.43. The lowest BCUT2D eigenvalue weighted by molar-refractivity contribution is -0.386. The molecule has 0 aliphatic rings. The Hall–Kier alpha value is -2.11. The van der Waals surface area contributed by atoms with Gasteiger partial charge in [-0.1, -0.05) is 0 Å². The summed E-state index contributed by atoms with van der Waals surface area (Å²) < 4.78 is 9.88. The van der Waals surface area contributed by atoms with Crippen molar-refractivity contribution in [3.05, 3.63) is 27.8 Å². The molecule has 0 fully saturated rings. The largest absolute Gasteiger partial charge is 0.493 e. The van der Waals surface area contributed by atoms with Gasteiger partial charge in [-0.05, 0) is 12.1 Å². The third-order valence-corrected chi connectivity index (χ3v) is 2.09. The van der Waals surface area contributed by atoms with Gasteiger partial charge in [-0.25, -0.2) is 0 Å². The minimum absolute atomic E-state index is 0.0311. The summed E-state index contributed by atoms with van der Waals surface area (Å²) >= 11 is 0. The monoisotopic (exact) mass is 225 g/mol. The Labute approximate surface area is 91.9 Å². The number of nitro groups is 1. The molecule has 6 heteroatoms. The van der Waals surface area contributed by atoms with E-state index in [1.807, 2.05) is 0 Å². The third kappa shape index (κ3) is 2.10. The molecule has 0 saturated carbocycles. The summed E-state index contributed by atoms with van der Waals surface area (Å²) in [5.41, 5.74) is 0.0756. The van der Waals surface area contributed by atoms with E-state index in [4.69, 9.17) is 9.47 Å². The normalized spacial score (nSPS) is 9.62. The number of methoxy groups -OCH3 is 2. The molecular formula is C10H11NO5. The minimum Gasteiger partial charge on any atom is -0.493 e. The average molecular weight is 225 g/mol. The second kappa shape index (κ2) is 5.11. The van der Waals surface area contributed by atoms with Crippen LogP contribution in [0.5, 0.6) is 11.5 Å². The first-order valence-electron chi connectivity index (χ1n) is 4.47. The first-order chi connectivity index (χ1) is 7.65. The van der Waals surface area contributed by atoms with E-state index in [9.17, 15) is 14.9 Å². The highest BCUT2D eigenvalue weighted by Crippen LogP contribution is 2.39. The lowest BCUT2D eigenvalue weighted by Gasteiger charge is -2.09. The Morgan fingerprint density at radius 2 is 2.06 bits per heavy atom. The fraction of sp³-hybridized carbons (Fsp3) is 0.300. The van der Waals surface area contributed by atoms with Crippen molar-refractivity contribution in [1.82, 2.24) is 0 Å². The van der Waals surface area contributed by atoms with E-state index in [1.54, 1.807) is 0 Å². The number of hydrogen-bond acceptors (Lipinski definition) is 5. The smallest absolute Gasteiger partial charge is 0.318 e. The summed E-state index contributed by atoms with van der Waals surface area (Å²) in [6.45, 7) is 0. The second-order valence-electron chi connectivity index (χ2n) is 2.94. The first kappa shape index (κ1) is 12.0. The minimum atomic E-state index is -0.583. The van der Waals surface area contributed by atoms with E-state index >= 15 is 0 Å². The van der Waals surface area contributed by atoms with Crippen LogP contribution in [-0.2, 0) is 11.2 Å². The van der Waals surface area contributed by atoms with Crippen LogP contribution in [0.3, 0.4) is 0 Å². The number of benzene rings is 1. The lowest BCUT2D eigenvalue weighted by atomic mass is 10.1. The molecular weight excluding hydrogens is 214 g/mol. The molecule has 0 aliphatic carbocycles. The van der Waals surface area contributed by atoms with Crippen LogP contribution in [0.15, 0.2) is 12.1 Å². The summed E-state index contributed by atoms with van der Waals surface area (Å²) in [6.07, 6.45) is 0.574. The number of nitrogens with zero attached hydrogens (tertiary/aromatic N) is 1. The van der Waals surface area contributed by atoms with Gasteiger partial charge in [0.05, 0.1) is 19.1 Å². The summed E-state index contributed by atoms with van der Waals surface area (Å²) in [5, 5.41) is 10.9. The predicted octanol–water partition coefficient (Wildman–Crippen LogP) is 1.35. The Kier molecular flexibility index (Phi) is 3.82. The number of ether oxygens (including phenoxy) is 2. The third-order valence-electron chi connectivity index (χ3n) is 2.09. The Morgan fingerprint density at radius 3 is 2.50 bits per heavy atom. The molecule has 0 heterocycles. The van der Waals surface area contributed by atoms with Crippen molar-refractivity contribution < 1.29 is 19.2 Å². The van der Waals surface area contributed by atoms with Crippen molar-refractivity contribution in [1.29, 1.82) is 0 Å². The quantitative estimate of drug-likeness (QED) is 0.429. The first-order valence-corrected chi connectivity index (χ1v) is 4.47. The number of aldehydes is 1. The maximum absolute atomic E-state index is 10.9. The molecule has 0 amide bonds. The number of carbonyl (C=O) groups is 1. The highest BCUT2D eigenvalue weighted by molar-refractivity contribution is 5.66. The van der Waals surface area contributed by atoms with Crippen LogP contribution in [0, 0.1) is 10.1 Å². The SMILES string of the molecule is COc1ccc(CC=O)c([N+](=O)[O-])c1OC. The van der Waals surface area contributed by atoms with Gasteiger partial charge in [0, 0.05) is 12.0 Å². The van der Waals surface area contributed by atoms with E-state index in [0.717, 1.165) is 0 Å². The van der Waals surface area contributed by atoms with Crippen molar-refractivity contribution in [2.24, 2.45) is 0 Å². The lowest BCUT2D eigenvalue weighted by Crippen LogP contribution is -2.01. The van der Waals surface area contributed by atoms with Gasteiger partial charge < -0.3 is 14.3 Å². The van der Waals surface area contributed by atoms with E-state index in [-0.39, 0.29) is 23.6 Å². The molecule has 0 radical (unpaired) electrons.